The Hall–Kier alpha value is -1.41. The van der Waals surface area contributed by atoms with E-state index in [0.717, 1.165) is 16.8 Å². The second-order valence-corrected chi connectivity index (χ2v) is 5.14. The van der Waals surface area contributed by atoms with Crippen molar-refractivity contribution in [3.63, 3.8) is 0 Å². The molecule has 2 aromatic heterocycles. The molecule has 0 fully saturated rings. The molecule has 0 amide bonds. The first-order valence-corrected chi connectivity index (χ1v) is 6.71. The van der Waals surface area contributed by atoms with Crippen molar-refractivity contribution >= 4 is 11.8 Å². The highest BCUT2D eigenvalue weighted by Crippen LogP contribution is 2.21. The number of rotatable bonds is 5. The van der Waals surface area contributed by atoms with Crippen LogP contribution in [0.4, 0.5) is 0 Å². The smallest absolute Gasteiger partial charge is 0.191 e. The van der Waals surface area contributed by atoms with Crippen LogP contribution in [0.25, 0.3) is 0 Å². The van der Waals surface area contributed by atoms with E-state index in [-0.39, 0.29) is 0 Å². The molecule has 0 saturated carbocycles. The maximum atomic E-state index is 5.56. The Labute approximate surface area is 110 Å². The van der Waals surface area contributed by atoms with E-state index in [2.05, 4.69) is 34.2 Å². The Bertz CT molecular complexity index is 516. The molecule has 2 rings (SSSR count). The predicted octanol–water partition coefficient (Wildman–Crippen LogP) is 0.738. The molecule has 7 nitrogen and oxygen atoms in total. The zero-order chi connectivity index (χ0) is 13.1. The summed E-state index contributed by atoms with van der Waals surface area (Å²) in [6, 6.07) is 0.356. The monoisotopic (exact) mass is 267 g/mol. The van der Waals surface area contributed by atoms with E-state index in [9.17, 15) is 0 Å². The molecule has 2 heterocycles. The SMILES string of the molecule is CC(C)n1cnnc1CSc1nnc(CN)n1C. The molecule has 0 unspecified atom stereocenters. The lowest BCUT2D eigenvalue weighted by atomic mass is 10.4. The van der Waals surface area contributed by atoms with Crippen molar-refractivity contribution in [3.05, 3.63) is 18.0 Å². The van der Waals surface area contributed by atoms with Crippen molar-refractivity contribution in [1.29, 1.82) is 0 Å². The van der Waals surface area contributed by atoms with Crippen LogP contribution in [0.1, 0.15) is 31.5 Å². The van der Waals surface area contributed by atoms with Gasteiger partial charge in [0.05, 0.1) is 12.3 Å². The van der Waals surface area contributed by atoms with Gasteiger partial charge in [0.25, 0.3) is 0 Å². The molecule has 0 bridgehead atoms. The molecule has 0 atom stereocenters. The maximum Gasteiger partial charge on any atom is 0.191 e. The van der Waals surface area contributed by atoms with Crippen molar-refractivity contribution in [2.75, 3.05) is 0 Å². The fourth-order valence-electron chi connectivity index (χ4n) is 1.58. The van der Waals surface area contributed by atoms with Crippen molar-refractivity contribution in [2.24, 2.45) is 12.8 Å². The average molecular weight is 267 g/mol. The topological polar surface area (TPSA) is 87.4 Å². The lowest BCUT2D eigenvalue weighted by Gasteiger charge is -2.09. The summed E-state index contributed by atoms with van der Waals surface area (Å²) in [5, 5.41) is 17.0. The van der Waals surface area contributed by atoms with Gasteiger partial charge in [0.2, 0.25) is 0 Å². The number of nitrogens with zero attached hydrogens (tertiary/aromatic N) is 6. The van der Waals surface area contributed by atoms with E-state index in [1.165, 1.54) is 0 Å². The summed E-state index contributed by atoms with van der Waals surface area (Å²) in [4.78, 5) is 0. The highest BCUT2D eigenvalue weighted by molar-refractivity contribution is 7.98. The second kappa shape index (κ2) is 5.49. The minimum atomic E-state index is 0.356. The standard InChI is InChI=1S/C10H17N7S/c1-7(2)17-6-12-13-9(17)5-18-10-15-14-8(4-11)16(10)3/h6-7H,4-5,11H2,1-3H3. The summed E-state index contributed by atoms with van der Waals surface area (Å²) in [5.74, 6) is 2.43. The minimum absolute atomic E-state index is 0.356. The third kappa shape index (κ3) is 2.54. The number of nitrogens with two attached hydrogens (primary N) is 1. The van der Waals surface area contributed by atoms with Crippen LogP contribution in [-0.4, -0.2) is 29.5 Å². The summed E-state index contributed by atoms with van der Waals surface area (Å²) in [7, 11) is 1.91. The quantitative estimate of drug-likeness (QED) is 0.804. The van der Waals surface area contributed by atoms with Gasteiger partial charge in [-0.25, -0.2) is 0 Å². The Morgan fingerprint density at radius 1 is 1.28 bits per heavy atom. The van der Waals surface area contributed by atoms with Crippen molar-refractivity contribution in [1.82, 2.24) is 29.5 Å². The largest absolute Gasteiger partial charge is 0.324 e. The Morgan fingerprint density at radius 3 is 2.67 bits per heavy atom. The van der Waals surface area contributed by atoms with Crippen LogP contribution in [0, 0.1) is 0 Å². The van der Waals surface area contributed by atoms with Crippen LogP contribution in [0.2, 0.25) is 0 Å². The molecule has 0 radical (unpaired) electrons. The summed E-state index contributed by atoms with van der Waals surface area (Å²) < 4.78 is 3.95. The van der Waals surface area contributed by atoms with E-state index in [0.29, 0.717) is 18.3 Å². The number of hydrogen-bond donors (Lipinski definition) is 1. The van der Waals surface area contributed by atoms with Gasteiger partial charge < -0.3 is 14.9 Å². The van der Waals surface area contributed by atoms with E-state index in [4.69, 9.17) is 5.73 Å². The molecule has 0 aromatic carbocycles. The Kier molecular flexibility index (Phi) is 3.97. The van der Waals surface area contributed by atoms with Gasteiger partial charge >= 0.3 is 0 Å². The van der Waals surface area contributed by atoms with Gasteiger partial charge in [0.15, 0.2) is 5.16 Å². The highest BCUT2D eigenvalue weighted by atomic mass is 32.2. The van der Waals surface area contributed by atoms with E-state index >= 15 is 0 Å². The Balaban J connectivity index is 2.07. The first kappa shape index (κ1) is 13.0. The van der Waals surface area contributed by atoms with Gasteiger partial charge in [-0.1, -0.05) is 11.8 Å². The summed E-state index contributed by atoms with van der Waals surface area (Å²) >= 11 is 1.58. The second-order valence-electron chi connectivity index (χ2n) is 4.20. The molecule has 0 aliphatic carbocycles. The van der Waals surface area contributed by atoms with Gasteiger partial charge in [-0.2, -0.15) is 0 Å². The summed E-state index contributed by atoms with van der Waals surface area (Å²) in [5.41, 5.74) is 5.56. The third-order valence-electron chi connectivity index (χ3n) is 2.64. The fraction of sp³-hybridized carbons (Fsp3) is 0.600. The van der Waals surface area contributed by atoms with Crippen molar-refractivity contribution < 1.29 is 0 Å². The number of thioether (sulfide) groups is 1. The molecule has 0 saturated heterocycles. The first-order valence-electron chi connectivity index (χ1n) is 5.73. The van der Waals surface area contributed by atoms with E-state index in [1.807, 2.05) is 16.2 Å². The number of aromatic nitrogens is 6. The lowest BCUT2D eigenvalue weighted by molar-refractivity contribution is 0.579. The van der Waals surface area contributed by atoms with Crippen LogP contribution in [0.3, 0.4) is 0 Å². The molecule has 0 aliphatic heterocycles. The van der Waals surface area contributed by atoms with Crippen LogP contribution in [-0.2, 0) is 19.3 Å². The van der Waals surface area contributed by atoms with Crippen LogP contribution >= 0.6 is 11.8 Å². The molecule has 0 spiro atoms. The van der Waals surface area contributed by atoms with Crippen LogP contribution < -0.4 is 5.73 Å². The summed E-state index contributed by atoms with van der Waals surface area (Å²) in [6.07, 6.45) is 1.75. The lowest BCUT2D eigenvalue weighted by Crippen LogP contribution is -2.06. The molecule has 18 heavy (non-hydrogen) atoms. The fourth-order valence-corrected chi connectivity index (χ4v) is 2.44. The zero-order valence-corrected chi connectivity index (χ0v) is 11.6. The van der Waals surface area contributed by atoms with E-state index < -0.39 is 0 Å². The average Bonchev–Trinajstić information content (AvgIpc) is 2.93. The van der Waals surface area contributed by atoms with Gasteiger partial charge in [-0.15, -0.1) is 20.4 Å². The third-order valence-corrected chi connectivity index (χ3v) is 3.66. The zero-order valence-electron chi connectivity index (χ0n) is 10.7. The van der Waals surface area contributed by atoms with Crippen LogP contribution in [0.15, 0.2) is 11.5 Å². The normalized spacial score (nSPS) is 11.4. The minimum Gasteiger partial charge on any atom is -0.324 e. The molecular weight excluding hydrogens is 250 g/mol. The van der Waals surface area contributed by atoms with Crippen LogP contribution in [0.5, 0.6) is 0 Å². The molecule has 8 heteroatoms. The van der Waals surface area contributed by atoms with Gasteiger partial charge in [0.1, 0.15) is 18.0 Å². The predicted molar refractivity (Wildman–Crippen MR) is 68.9 cm³/mol. The first-order chi connectivity index (χ1) is 8.63. The molecule has 2 N–H and O–H groups in total. The summed E-state index contributed by atoms with van der Waals surface area (Å²) in [6.45, 7) is 4.60. The van der Waals surface area contributed by atoms with Crippen molar-refractivity contribution in [2.45, 2.75) is 37.3 Å². The van der Waals surface area contributed by atoms with Gasteiger partial charge in [-0.05, 0) is 13.8 Å². The van der Waals surface area contributed by atoms with Crippen molar-refractivity contribution in [3.8, 4) is 0 Å². The highest BCUT2D eigenvalue weighted by Gasteiger charge is 2.11. The Morgan fingerprint density at radius 2 is 2.06 bits per heavy atom. The molecule has 2 aromatic rings. The molecule has 0 aliphatic rings. The maximum absolute atomic E-state index is 5.56. The van der Waals surface area contributed by atoms with E-state index in [1.54, 1.807) is 18.1 Å². The molecule has 98 valence electrons. The van der Waals surface area contributed by atoms with Gasteiger partial charge in [-0.3, -0.25) is 0 Å². The number of hydrogen-bond acceptors (Lipinski definition) is 6. The van der Waals surface area contributed by atoms with Gasteiger partial charge in [0, 0.05) is 13.1 Å². The molecular formula is C10H17N7S.